The number of hydrogen-bond donors (Lipinski definition) is 4. The summed E-state index contributed by atoms with van der Waals surface area (Å²) in [5, 5.41) is 12.2. The van der Waals surface area contributed by atoms with Gasteiger partial charge >= 0.3 is 0 Å². The number of carbonyl (C=O) groups excluding carboxylic acids is 3. The van der Waals surface area contributed by atoms with E-state index in [9.17, 15) is 18.8 Å². The van der Waals surface area contributed by atoms with Crippen molar-refractivity contribution in [3.63, 3.8) is 0 Å². The number of aromatic nitrogens is 2. The molecule has 2 saturated carbocycles. The smallest absolute Gasteiger partial charge is 0.249 e. The van der Waals surface area contributed by atoms with Gasteiger partial charge in [0.2, 0.25) is 23.7 Å². The molecule has 0 bridgehead atoms. The summed E-state index contributed by atoms with van der Waals surface area (Å²) in [5.74, 6) is -0.682. The number of hydrogen-bond acceptors (Lipinski definition) is 10. The number of rotatable bonds is 10. The minimum Gasteiger partial charge on any atom is -0.378 e. The summed E-state index contributed by atoms with van der Waals surface area (Å²) >= 11 is 0. The molecule has 5 fully saturated rings. The molecule has 14 heteroatoms. The third-order valence-electron chi connectivity index (χ3n) is 12.8. The number of piperidine rings is 2. The van der Waals surface area contributed by atoms with E-state index in [-0.39, 0.29) is 59.6 Å². The lowest BCUT2D eigenvalue weighted by molar-refractivity contribution is -0.133. The first-order valence-electron chi connectivity index (χ1n) is 20.9. The third-order valence-corrected chi connectivity index (χ3v) is 12.8. The molecule has 1 aromatic heterocycles. The van der Waals surface area contributed by atoms with Gasteiger partial charge in [-0.15, -0.1) is 0 Å². The molecule has 0 radical (unpaired) electrons. The van der Waals surface area contributed by atoms with Crippen LogP contribution < -0.4 is 26.2 Å². The van der Waals surface area contributed by atoms with Crippen molar-refractivity contribution in [2.24, 2.45) is 5.92 Å². The van der Waals surface area contributed by atoms with Crippen molar-refractivity contribution in [3.8, 4) is 11.3 Å². The molecule has 5 aliphatic rings. The van der Waals surface area contributed by atoms with E-state index in [2.05, 4.69) is 41.0 Å². The van der Waals surface area contributed by atoms with Gasteiger partial charge < -0.3 is 30.5 Å². The summed E-state index contributed by atoms with van der Waals surface area (Å²) in [7, 11) is 0. The summed E-state index contributed by atoms with van der Waals surface area (Å²) in [5.41, 5.74) is 3.27. The summed E-state index contributed by atoms with van der Waals surface area (Å²) in [6.07, 6.45) is 10.9. The fraction of sp³-hybridized carbons (Fsp3) is 0.558. The van der Waals surface area contributed by atoms with E-state index >= 15 is 4.39 Å². The second-order valence-electron chi connectivity index (χ2n) is 16.4. The van der Waals surface area contributed by atoms with Crippen LogP contribution in [0.5, 0.6) is 0 Å². The number of anilines is 3. The van der Waals surface area contributed by atoms with Gasteiger partial charge in [-0.3, -0.25) is 19.7 Å². The largest absolute Gasteiger partial charge is 0.378 e. The third kappa shape index (κ3) is 9.55. The average Bonchev–Trinajstić information content (AvgIpc) is 3.24. The summed E-state index contributed by atoms with van der Waals surface area (Å²) in [4.78, 5) is 50.5. The molecular weight excluding hydrogens is 731 g/mol. The molecule has 4 heterocycles. The number of nitrogens with zero attached hydrogens (tertiary/aromatic N) is 4. The van der Waals surface area contributed by atoms with Crippen molar-refractivity contribution in [1.29, 1.82) is 0 Å². The monoisotopic (exact) mass is 784 g/mol. The Morgan fingerprint density at radius 1 is 0.807 bits per heavy atom. The Kier molecular flexibility index (Phi) is 12.3. The molecular formula is C43H54F2N8O4. The topological polar surface area (TPSA) is 141 Å². The first-order valence-corrected chi connectivity index (χ1v) is 20.9. The lowest BCUT2D eigenvalue weighted by Crippen LogP contribution is -2.47. The normalized spacial score (nSPS) is 26.4. The molecule has 0 spiro atoms. The lowest BCUT2D eigenvalue weighted by atomic mass is 9.83. The standard InChI is InChI=1S/C43H54F2N8O4/c44-36-25-32(47-38-14-15-39(54)50-42(38)56)10-13-35(36)27-16-18-52(19-17-27)33-11-8-30(9-12-33)48-41(55)28-4-6-31(7-5-28)49-43-46-26-37(45)40(51-43)29-2-1-3-34(24-29)53-20-22-57-23-21-53/h1-3,10,13,24-28,30-31,33,38,47H,4-9,11-12,14-23H2,(H,48,55)(H,46,49,51)(H,50,54,56)/t28-,30?,31-,33?,38?. The molecule has 1 atom stereocenters. The zero-order valence-corrected chi connectivity index (χ0v) is 32.5. The highest BCUT2D eigenvalue weighted by molar-refractivity contribution is 6.01. The lowest BCUT2D eigenvalue weighted by Gasteiger charge is -2.41. The second-order valence-corrected chi connectivity index (χ2v) is 16.4. The fourth-order valence-electron chi connectivity index (χ4n) is 9.45. The number of amides is 3. The molecule has 304 valence electrons. The van der Waals surface area contributed by atoms with E-state index in [0.717, 1.165) is 102 Å². The maximum Gasteiger partial charge on any atom is 0.249 e. The van der Waals surface area contributed by atoms with Crippen LogP contribution in [0.3, 0.4) is 0 Å². The maximum atomic E-state index is 15.3. The predicted molar refractivity (Wildman–Crippen MR) is 214 cm³/mol. The number of carbonyl (C=O) groups is 3. The maximum absolute atomic E-state index is 15.3. The second kappa shape index (κ2) is 17.8. The molecule has 2 aliphatic carbocycles. The fourth-order valence-corrected chi connectivity index (χ4v) is 9.45. The first kappa shape index (κ1) is 39.2. The minimum atomic E-state index is -0.542. The van der Waals surface area contributed by atoms with Crippen molar-refractivity contribution < 1.29 is 27.9 Å². The van der Waals surface area contributed by atoms with Gasteiger partial charge in [0.05, 0.1) is 19.4 Å². The Morgan fingerprint density at radius 2 is 1.56 bits per heavy atom. The van der Waals surface area contributed by atoms with Crippen LogP contribution in [0.25, 0.3) is 11.3 Å². The molecule has 3 aromatic rings. The molecule has 8 rings (SSSR count). The van der Waals surface area contributed by atoms with Crippen LogP contribution in [0.2, 0.25) is 0 Å². The average molecular weight is 785 g/mol. The van der Waals surface area contributed by atoms with Crippen molar-refractivity contribution in [2.75, 3.05) is 54.9 Å². The molecule has 1 unspecified atom stereocenters. The quantitative estimate of drug-likeness (QED) is 0.188. The van der Waals surface area contributed by atoms with Crippen molar-refractivity contribution in [1.82, 2.24) is 25.5 Å². The highest BCUT2D eigenvalue weighted by Gasteiger charge is 2.33. The van der Waals surface area contributed by atoms with Crippen molar-refractivity contribution in [2.45, 2.75) is 107 Å². The van der Waals surface area contributed by atoms with Gasteiger partial charge in [0.15, 0.2) is 5.82 Å². The molecule has 3 amide bonds. The number of halogens is 2. The zero-order valence-electron chi connectivity index (χ0n) is 32.5. The Bertz CT molecular complexity index is 1900. The van der Waals surface area contributed by atoms with Crippen molar-refractivity contribution >= 4 is 35.0 Å². The van der Waals surface area contributed by atoms with Gasteiger partial charge in [0, 0.05) is 60.5 Å². The van der Waals surface area contributed by atoms with Crippen molar-refractivity contribution in [3.05, 3.63) is 65.9 Å². The van der Waals surface area contributed by atoms with E-state index in [1.807, 2.05) is 36.4 Å². The van der Waals surface area contributed by atoms with E-state index in [4.69, 9.17) is 4.74 Å². The SMILES string of the molecule is O=C1CCC(Nc2ccc(C3CCN(C4CCC(NC(=O)[C@H]5CC[C@H](Nc6ncc(F)c(-c7cccc(N8CCOCC8)c7)n6)CC5)CC4)CC3)c(F)c2)C(=O)N1. The van der Waals surface area contributed by atoms with Crippen LogP contribution in [-0.2, 0) is 19.1 Å². The van der Waals surface area contributed by atoms with E-state index in [1.165, 1.54) is 12.3 Å². The van der Waals surface area contributed by atoms with Crippen LogP contribution in [0, 0.1) is 17.6 Å². The Morgan fingerprint density at radius 3 is 2.30 bits per heavy atom. The Hall–Kier alpha value is -4.69. The Labute approximate surface area is 332 Å². The number of nitrogens with one attached hydrogen (secondary N) is 4. The summed E-state index contributed by atoms with van der Waals surface area (Å²) in [6, 6.07) is 13.2. The zero-order chi connectivity index (χ0) is 39.3. The Balaban J connectivity index is 0.750. The molecule has 12 nitrogen and oxygen atoms in total. The first-order chi connectivity index (χ1) is 27.8. The predicted octanol–water partition coefficient (Wildman–Crippen LogP) is 5.75. The molecule has 4 N–H and O–H groups in total. The number of morpholine rings is 1. The van der Waals surface area contributed by atoms with E-state index < -0.39 is 11.9 Å². The summed E-state index contributed by atoms with van der Waals surface area (Å²) < 4.78 is 35.7. The van der Waals surface area contributed by atoms with Gasteiger partial charge in [-0.1, -0.05) is 18.2 Å². The van der Waals surface area contributed by atoms with Gasteiger partial charge in [0.1, 0.15) is 17.6 Å². The molecule has 3 saturated heterocycles. The van der Waals surface area contributed by atoms with E-state index in [1.54, 1.807) is 0 Å². The van der Waals surface area contributed by atoms with Crippen LogP contribution in [0.1, 0.15) is 88.5 Å². The van der Waals surface area contributed by atoms with Crippen LogP contribution in [0.4, 0.5) is 26.1 Å². The summed E-state index contributed by atoms with van der Waals surface area (Å²) in [6.45, 7) is 4.79. The van der Waals surface area contributed by atoms with Crippen LogP contribution >= 0.6 is 0 Å². The van der Waals surface area contributed by atoms with Gasteiger partial charge in [-0.05, 0) is 119 Å². The van der Waals surface area contributed by atoms with Gasteiger partial charge in [-0.2, -0.15) is 0 Å². The number of benzene rings is 2. The molecule has 57 heavy (non-hydrogen) atoms. The highest BCUT2D eigenvalue weighted by atomic mass is 19.1. The number of likely N-dealkylation sites (tertiary alicyclic amines) is 1. The number of imide groups is 1. The van der Waals surface area contributed by atoms with Crippen LogP contribution in [-0.4, -0.2) is 96.1 Å². The number of ether oxygens (including phenoxy) is 1. The van der Waals surface area contributed by atoms with Gasteiger partial charge in [-0.25, -0.2) is 18.7 Å². The van der Waals surface area contributed by atoms with Gasteiger partial charge in [0.25, 0.3) is 0 Å². The van der Waals surface area contributed by atoms with Crippen LogP contribution in [0.15, 0.2) is 48.7 Å². The minimum absolute atomic E-state index is 0.0184. The highest BCUT2D eigenvalue weighted by Crippen LogP contribution is 2.35. The van der Waals surface area contributed by atoms with E-state index in [0.29, 0.717) is 42.9 Å². The molecule has 3 aliphatic heterocycles. The molecule has 2 aromatic carbocycles.